The lowest BCUT2D eigenvalue weighted by molar-refractivity contribution is 0.102. The van der Waals surface area contributed by atoms with Crippen LogP contribution >= 0.6 is 11.3 Å². The number of benzene rings is 2. The minimum absolute atomic E-state index is 0.268. The minimum atomic E-state index is -0.341. The van der Waals surface area contributed by atoms with Gasteiger partial charge in [0.2, 0.25) is 5.82 Å². The molecular weight excluding hydrogens is 381 g/mol. The minimum Gasteiger partial charge on any atom is -0.496 e. The Morgan fingerprint density at radius 1 is 1.14 bits per heavy atom. The molecule has 0 saturated carbocycles. The van der Waals surface area contributed by atoms with Crippen LogP contribution in [0.5, 0.6) is 5.75 Å². The SMILES string of the molecule is COc1ccccc1C(=O)Nc1ccsc1-c1nc(-c2ccc(F)cc2)no1. The van der Waals surface area contributed by atoms with Gasteiger partial charge in [0.25, 0.3) is 11.8 Å². The number of hydrogen-bond donors (Lipinski definition) is 1. The van der Waals surface area contributed by atoms with Gasteiger partial charge in [0, 0.05) is 5.56 Å². The molecule has 4 rings (SSSR count). The summed E-state index contributed by atoms with van der Waals surface area (Å²) in [4.78, 5) is 17.6. The summed E-state index contributed by atoms with van der Waals surface area (Å²) in [6.07, 6.45) is 0. The monoisotopic (exact) mass is 395 g/mol. The Bertz CT molecular complexity index is 1120. The lowest BCUT2D eigenvalue weighted by atomic mass is 10.2. The number of rotatable bonds is 5. The number of nitrogens with zero attached hydrogens (tertiary/aromatic N) is 2. The van der Waals surface area contributed by atoms with E-state index < -0.39 is 0 Å². The number of carbonyl (C=O) groups is 1. The molecule has 0 spiro atoms. The molecule has 2 aromatic heterocycles. The van der Waals surface area contributed by atoms with Crippen molar-refractivity contribution in [3.05, 3.63) is 71.4 Å². The molecule has 2 heterocycles. The van der Waals surface area contributed by atoms with Crippen LogP contribution in [0, 0.1) is 5.82 Å². The van der Waals surface area contributed by atoms with Gasteiger partial charge < -0.3 is 14.6 Å². The van der Waals surface area contributed by atoms with Gasteiger partial charge in [-0.2, -0.15) is 4.98 Å². The van der Waals surface area contributed by atoms with E-state index in [0.717, 1.165) is 0 Å². The topological polar surface area (TPSA) is 77.2 Å². The standard InChI is InChI=1S/C20H14FN3O3S/c1-26-16-5-3-2-4-14(16)19(25)22-15-10-11-28-17(15)20-23-18(24-27-20)12-6-8-13(21)9-7-12/h2-11H,1H3,(H,22,25). The molecule has 0 aliphatic rings. The van der Waals surface area contributed by atoms with E-state index in [0.29, 0.717) is 33.3 Å². The van der Waals surface area contributed by atoms with Crippen molar-refractivity contribution < 1.29 is 18.4 Å². The maximum atomic E-state index is 13.1. The lowest BCUT2D eigenvalue weighted by Gasteiger charge is -2.08. The number of hydrogen-bond acceptors (Lipinski definition) is 6. The zero-order valence-corrected chi connectivity index (χ0v) is 15.5. The molecule has 0 radical (unpaired) electrons. The molecule has 6 nitrogen and oxygen atoms in total. The second-order valence-corrected chi connectivity index (χ2v) is 6.66. The molecule has 4 aromatic rings. The van der Waals surface area contributed by atoms with Crippen molar-refractivity contribution >= 4 is 22.9 Å². The van der Waals surface area contributed by atoms with Crippen LogP contribution in [0.25, 0.3) is 22.2 Å². The Kier molecular flexibility index (Phi) is 4.86. The Morgan fingerprint density at radius 2 is 1.93 bits per heavy atom. The molecule has 1 N–H and O–H groups in total. The maximum absolute atomic E-state index is 13.1. The summed E-state index contributed by atoms with van der Waals surface area (Å²) >= 11 is 1.36. The normalized spacial score (nSPS) is 10.6. The fraction of sp³-hybridized carbons (Fsp3) is 0.0500. The van der Waals surface area contributed by atoms with Gasteiger partial charge >= 0.3 is 0 Å². The van der Waals surface area contributed by atoms with Crippen molar-refractivity contribution in [1.29, 1.82) is 0 Å². The fourth-order valence-electron chi connectivity index (χ4n) is 2.63. The van der Waals surface area contributed by atoms with Crippen molar-refractivity contribution in [2.24, 2.45) is 0 Å². The van der Waals surface area contributed by atoms with Crippen LogP contribution in [-0.4, -0.2) is 23.2 Å². The molecule has 1 amide bonds. The predicted octanol–water partition coefficient (Wildman–Crippen LogP) is 4.87. The number of anilines is 1. The lowest BCUT2D eigenvalue weighted by Crippen LogP contribution is -2.13. The van der Waals surface area contributed by atoms with E-state index in [4.69, 9.17) is 9.26 Å². The Morgan fingerprint density at radius 3 is 2.71 bits per heavy atom. The van der Waals surface area contributed by atoms with E-state index in [9.17, 15) is 9.18 Å². The number of carbonyl (C=O) groups excluding carboxylic acids is 1. The summed E-state index contributed by atoms with van der Waals surface area (Å²) < 4.78 is 23.7. The first-order valence-electron chi connectivity index (χ1n) is 8.27. The smallest absolute Gasteiger partial charge is 0.270 e. The van der Waals surface area contributed by atoms with Gasteiger partial charge in [-0.15, -0.1) is 11.3 Å². The van der Waals surface area contributed by atoms with Crippen molar-refractivity contribution in [2.45, 2.75) is 0 Å². The van der Waals surface area contributed by atoms with Gasteiger partial charge in [0.1, 0.15) is 16.4 Å². The summed E-state index contributed by atoms with van der Waals surface area (Å²) in [5, 5.41) is 8.61. The summed E-state index contributed by atoms with van der Waals surface area (Å²) in [6.45, 7) is 0. The molecule has 2 aromatic carbocycles. The van der Waals surface area contributed by atoms with Crippen molar-refractivity contribution in [2.75, 3.05) is 12.4 Å². The van der Waals surface area contributed by atoms with Crippen molar-refractivity contribution in [3.8, 4) is 27.9 Å². The second kappa shape index (κ2) is 7.61. The molecule has 0 saturated heterocycles. The maximum Gasteiger partial charge on any atom is 0.270 e. The quantitative estimate of drug-likeness (QED) is 0.522. The van der Waals surface area contributed by atoms with E-state index in [1.807, 2.05) is 5.38 Å². The van der Waals surface area contributed by atoms with Crippen LogP contribution < -0.4 is 10.1 Å². The van der Waals surface area contributed by atoms with E-state index in [2.05, 4.69) is 15.5 Å². The van der Waals surface area contributed by atoms with Crippen LogP contribution in [0.3, 0.4) is 0 Å². The molecule has 8 heteroatoms. The fourth-order valence-corrected chi connectivity index (χ4v) is 3.40. The summed E-state index contributed by atoms with van der Waals surface area (Å²) in [7, 11) is 1.51. The van der Waals surface area contributed by atoms with Gasteiger partial charge in [0.15, 0.2) is 0 Å². The summed E-state index contributed by atoms with van der Waals surface area (Å²) in [5.74, 6) is 0.436. The average molecular weight is 395 g/mol. The zero-order chi connectivity index (χ0) is 19.5. The number of aromatic nitrogens is 2. The number of amides is 1. The van der Waals surface area contributed by atoms with E-state index in [1.165, 1.54) is 30.6 Å². The third kappa shape index (κ3) is 3.49. The Labute approximate surface area is 163 Å². The second-order valence-electron chi connectivity index (χ2n) is 5.75. The largest absolute Gasteiger partial charge is 0.496 e. The average Bonchev–Trinajstić information content (AvgIpc) is 3.38. The molecule has 0 aliphatic carbocycles. The molecular formula is C20H14FN3O3S. The zero-order valence-electron chi connectivity index (χ0n) is 14.7. The first kappa shape index (κ1) is 17.9. The van der Waals surface area contributed by atoms with Crippen LogP contribution in [0.2, 0.25) is 0 Å². The highest BCUT2D eigenvalue weighted by Gasteiger charge is 2.19. The first-order chi connectivity index (χ1) is 13.7. The van der Waals surface area contributed by atoms with Crippen LogP contribution in [0.15, 0.2) is 64.5 Å². The van der Waals surface area contributed by atoms with Crippen molar-refractivity contribution in [1.82, 2.24) is 10.1 Å². The number of halogens is 1. The van der Waals surface area contributed by atoms with Crippen molar-refractivity contribution in [3.63, 3.8) is 0 Å². The van der Waals surface area contributed by atoms with E-state index >= 15 is 0 Å². The summed E-state index contributed by atoms with van der Waals surface area (Å²) in [5.41, 5.74) is 1.60. The molecule has 28 heavy (non-hydrogen) atoms. The first-order valence-corrected chi connectivity index (χ1v) is 9.15. The number of thiophene rings is 1. The van der Waals surface area contributed by atoms with Gasteiger partial charge in [0.05, 0.1) is 18.4 Å². The molecule has 0 bridgehead atoms. The summed E-state index contributed by atoms with van der Waals surface area (Å²) in [6, 6.07) is 14.5. The van der Waals surface area contributed by atoms with Crippen LogP contribution in [0.1, 0.15) is 10.4 Å². The van der Waals surface area contributed by atoms with Crippen LogP contribution in [-0.2, 0) is 0 Å². The molecule has 0 aliphatic heterocycles. The molecule has 0 unspecified atom stereocenters. The Hall–Kier alpha value is -3.52. The number of methoxy groups -OCH3 is 1. The van der Waals surface area contributed by atoms with Crippen LogP contribution in [0.4, 0.5) is 10.1 Å². The highest BCUT2D eigenvalue weighted by Crippen LogP contribution is 2.34. The third-order valence-electron chi connectivity index (χ3n) is 3.99. The Balaban J connectivity index is 1.60. The number of ether oxygens (including phenoxy) is 1. The van der Waals surface area contributed by atoms with Gasteiger partial charge in [-0.1, -0.05) is 17.3 Å². The highest BCUT2D eigenvalue weighted by molar-refractivity contribution is 7.14. The third-order valence-corrected chi connectivity index (χ3v) is 4.89. The molecule has 140 valence electrons. The number of para-hydroxylation sites is 1. The van der Waals surface area contributed by atoms with E-state index in [-0.39, 0.29) is 17.6 Å². The van der Waals surface area contributed by atoms with Gasteiger partial charge in [-0.25, -0.2) is 4.39 Å². The van der Waals surface area contributed by atoms with Gasteiger partial charge in [-0.3, -0.25) is 4.79 Å². The van der Waals surface area contributed by atoms with Gasteiger partial charge in [-0.05, 0) is 47.8 Å². The number of nitrogens with one attached hydrogen (secondary N) is 1. The highest BCUT2D eigenvalue weighted by atomic mass is 32.1. The molecule has 0 fully saturated rings. The predicted molar refractivity (Wildman–Crippen MR) is 104 cm³/mol. The molecule has 0 atom stereocenters. The van der Waals surface area contributed by atoms with E-state index in [1.54, 1.807) is 42.5 Å².